The van der Waals surface area contributed by atoms with Gasteiger partial charge in [-0.25, -0.2) is 8.42 Å². The lowest BCUT2D eigenvalue weighted by atomic mass is 9.93. The lowest BCUT2D eigenvalue weighted by Crippen LogP contribution is -2.66. The maximum atomic E-state index is 14.1. The van der Waals surface area contributed by atoms with Crippen LogP contribution in [0.25, 0.3) is 0 Å². The van der Waals surface area contributed by atoms with Gasteiger partial charge in [-0.1, -0.05) is 91.0 Å². The van der Waals surface area contributed by atoms with Crippen LogP contribution in [0.4, 0.5) is 5.69 Å². The van der Waals surface area contributed by atoms with E-state index in [-0.39, 0.29) is 41.2 Å². The Morgan fingerprint density at radius 1 is 0.882 bits per heavy atom. The molecule has 1 heterocycles. The Kier molecular flexibility index (Phi) is 11.9. The van der Waals surface area contributed by atoms with E-state index in [1.54, 1.807) is 4.90 Å². The third kappa shape index (κ3) is 9.40. The predicted octanol–water partition coefficient (Wildman–Crippen LogP) is 3.66. The van der Waals surface area contributed by atoms with Gasteiger partial charge in [-0.2, -0.15) is 0 Å². The molecule has 11 nitrogen and oxygen atoms in total. The highest BCUT2D eigenvalue weighted by Gasteiger charge is 2.40. The quantitative estimate of drug-likeness (QED) is 0.166. The Bertz CT molecular complexity index is 1930. The number of carbonyl (C=O) groups excluding carboxylic acids is 3. The maximum Gasteiger partial charge on any atom is 0.251 e. The topological polar surface area (TPSA) is 148 Å². The van der Waals surface area contributed by atoms with Crippen LogP contribution in [-0.4, -0.2) is 80.2 Å². The SMILES string of the molecule is C[C@@H]1CN[C@@H]([C@@H](O)[C@H](Cc2ccccc2)NC(=O)c2cc(C(=O)N[C@H](C)c3ccccc3)cc(N(C)S(C)(=O)=O)c2)C(=O)N1Cc1ccccc1. The lowest BCUT2D eigenvalue weighted by Gasteiger charge is -2.41. The van der Waals surface area contributed by atoms with Crippen LogP contribution in [0, 0.1) is 0 Å². The first-order chi connectivity index (χ1) is 24.3. The number of piperazine rings is 1. The third-order valence-corrected chi connectivity index (χ3v) is 10.4. The normalized spacial score (nSPS) is 18.0. The van der Waals surface area contributed by atoms with E-state index in [0.29, 0.717) is 13.1 Å². The number of hydrogen-bond acceptors (Lipinski definition) is 7. The summed E-state index contributed by atoms with van der Waals surface area (Å²) >= 11 is 0. The second-order valence-corrected chi connectivity index (χ2v) is 15.1. The van der Waals surface area contributed by atoms with Crippen LogP contribution in [-0.2, 0) is 27.8 Å². The van der Waals surface area contributed by atoms with Gasteiger partial charge in [0.15, 0.2) is 0 Å². The Balaban J connectivity index is 1.44. The molecule has 0 radical (unpaired) electrons. The number of hydrogen-bond donors (Lipinski definition) is 4. The van der Waals surface area contributed by atoms with Crippen molar-refractivity contribution in [2.45, 2.75) is 57.1 Å². The van der Waals surface area contributed by atoms with Gasteiger partial charge in [0.1, 0.15) is 6.04 Å². The van der Waals surface area contributed by atoms with Crippen molar-refractivity contribution in [1.29, 1.82) is 0 Å². The molecule has 1 fully saturated rings. The minimum atomic E-state index is -3.76. The van der Waals surface area contributed by atoms with Gasteiger partial charge in [-0.15, -0.1) is 0 Å². The number of benzene rings is 4. The van der Waals surface area contributed by atoms with Crippen LogP contribution in [0.2, 0.25) is 0 Å². The van der Waals surface area contributed by atoms with Crippen LogP contribution in [0.15, 0.2) is 109 Å². The summed E-state index contributed by atoms with van der Waals surface area (Å²) in [7, 11) is -2.42. The van der Waals surface area contributed by atoms with Gasteiger partial charge < -0.3 is 26.0 Å². The lowest BCUT2D eigenvalue weighted by molar-refractivity contribution is -0.143. The summed E-state index contributed by atoms with van der Waals surface area (Å²) in [6.07, 6.45) is -0.124. The molecule has 3 amide bonds. The molecule has 1 aliphatic rings. The number of aliphatic hydroxyl groups excluding tert-OH is 1. The number of amides is 3. The van der Waals surface area contributed by atoms with Crippen molar-refractivity contribution in [1.82, 2.24) is 20.9 Å². The summed E-state index contributed by atoms with van der Waals surface area (Å²) in [5.74, 6) is -1.45. The van der Waals surface area contributed by atoms with Crippen molar-refractivity contribution in [2.75, 3.05) is 24.2 Å². The molecule has 51 heavy (non-hydrogen) atoms. The fourth-order valence-electron chi connectivity index (χ4n) is 6.13. The third-order valence-electron chi connectivity index (χ3n) is 9.23. The Morgan fingerprint density at radius 2 is 1.41 bits per heavy atom. The van der Waals surface area contributed by atoms with Crippen LogP contribution in [0.3, 0.4) is 0 Å². The molecule has 0 bridgehead atoms. The molecule has 4 aromatic rings. The number of nitrogens with zero attached hydrogens (tertiary/aromatic N) is 2. The molecule has 0 saturated carbocycles. The monoisotopic (exact) mass is 711 g/mol. The van der Waals surface area contributed by atoms with Crippen molar-refractivity contribution < 1.29 is 27.9 Å². The summed E-state index contributed by atoms with van der Waals surface area (Å²) in [6, 6.07) is 30.0. The second-order valence-electron chi connectivity index (χ2n) is 13.1. The Morgan fingerprint density at radius 3 is 1.98 bits per heavy atom. The fraction of sp³-hybridized carbons (Fsp3) is 0.308. The van der Waals surface area contributed by atoms with Crippen LogP contribution in [0.1, 0.15) is 57.3 Å². The number of sulfonamides is 1. The number of rotatable bonds is 13. The summed E-state index contributed by atoms with van der Waals surface area (Å²) in [5.41, 5.74) is 2.84. The molecule has 4 N–H and O–H groups in total. The van der Waals surface area contributed by atoms with E-state index in [0.717, 1.165) is 27.3 Å². The highest BCUT2D eigenvalue weighted by atomic mass is 32.2. The summed E-state index contributed by atoms with van der Waals surface area (Å²) in [6.45, 7) is 4.57. The average Bonchev–Trinajstić information content (AvgIpc) is 3.13. The molecule has 12 heteroatoms. The van der Waals surface area contributed by atoms with Gasteiger partial charge in [0, 0.05) is 37.3 Å². The zero-order valence-electron chi connectivity index (χ0n) is 29.2. The zero-order chi connectivity index (χ0) is 36.7. The van der Waals surface area contributed by atoms with E-state index in [1.807, 2.05) is 105 Å². The summed E-state index contributed by atoms with van der Waals surface area (Å²) < 4.78 is 26.1. The van der Waals surface area contributed by atoms with Crippen LogP contribution in [0.5, 0.6) is 0 Å². The number of anilines is 1. The maximum absolute atomic E-state index is 14.1. The number of carbonyl (C=O) groups is 3. The first-order valence-electron chi connectivity index (χ1n) is 16.9. The molecule has 4 aromatic carbocycles. The van der Waals surface area contributed by atoms with E-state index in [2.05, 4.69) is 16.0 Å². The molecule has 5 atom stereocenters. The fourth-order valence-corrected chi connectivity index (χ4v) is 6.62. The summed E-state index contributed by atoms with van der Waals surface area (Å²) in [5, 5.41) is 20.9. The average molecular weight is 712 g/mol. The highest BCUT2D eigenvalue weighted by Crippen LogP contribution is 2.23. The van der Waals surface area contributed by atoms with Crippen LogP contribution < -0.4 is 20.3 Å². The van der Waals surface area contributed by atoms with Crippen LogP contribution >= 0.6 is 0 Å². The van der Waals surface area contributed by atoms with Crippen molar-refractivity contribution in [3.8, 4) is 0 Å². The Labute approximate surface area is 299 Å². The molecule has 5 rings (SSSR count). The zero-order valence-corrected chi connectivity index (χ0v) is 30.0. The molecule has 1 aliphatic heterocycles. The molecular weight excluding hydrogens is 667 g/mol. The minimum Gasteiger partial charge on any atom is -0.389 e. The van der Waals surface area contributed by atoms with Gasteiger partial charge in [-0.05, 0) is 55.2 Å². The smallest absolute Gasteiger partial charge is 0.251 e. The molecular formula is C39H45N5O6S. The van der Waals surface area contributed by atoms with Crippen molar-refractivity contribution >= 4 is 33.4 Å². The van der Waals surface area contributed by atoms with Gasteiger partial charge in [0.2, 0.25) is 15.9 Å². The molecule has 0 aliphatic carbocycles. The van der Waals surface area contributed by atoms with Crippen molar-refractivity contribution in [3.63, 3.8) is 0 Å². The van der Waals surface area contributed by atoms with Gasteiger partial charge in [-0.3, -0.25) is 18.7 Å². The largest absolute Gasteiger partial charge is 0.389 e. The standard InChI is InChI=1S/C39H45N5O6S/c1-26-24-40-35(39(48)44(26)25-29-16-10-6-11-17-29)36(45)34(20-28-14-8-5-9-15-28)42-38(47)32-21-31(22-33(23-32)43(3)51(4,49)50)37(46)41-27(2)30-18-12-7-13-19-30/h5-19,21-23,26-27,34-36,40,45H,20,24-25H2,1-4H3,(H,41,46)(H,42,47)/t26-,27-,34+,35+,36+/m1/s1. The van der Waals surface area contributed by atoms with Gasteiger partial charge in [0.25, 0.3) is 11.8 Å². The highest BCUT2D eigenvalue weighted by molar-refractivity contribution is 7.92. The summed E-state index contributed by atoms with van der Waals surface area (Å²) in [4.78, 5) is 43.2. The predicted molar refractivity (Wildman–Crippen MR) is 198 cm³/mol. The Hall–Kier alpha value is -5.04. The molecule has 0 spiro atoms. The first-order valence-corrected chi connectivity index (χ1v) is 18.7. The van der Waals surface area contributed by atoms with E-state index in [9.17, 15) is 27.9 Å². The van der Waals surface area contributed by atoms with E-state index in [4.69, 9.17) is 0 Å². The number of nitrogens with one attached hydrogen (secondary N) is 3. The molecule has 0 unspecified atom stereocenters. The second kappa shape index (κ2) is 16.3. The number of aliphatic hydroxyl groups is 1. The van der Waals surface area contributed by atoms with Gasteiger partial charge >= 0.3 is 0 Å². The first kappa shape index (κ1) is 37.2. The van der Waals surface area contributed by atoms with E-state index >= 15 is 0 Å². The minimum absolute atomic E-state index is 0.00744. The van der Waals surface area contributed by atoms with E-state index in [1.165, 1.54) is 25.2 Å². The molecule has 268 valence electrons. The molecule has 1 saturated heterocycles. The van der Waals surface area contributed by atoms with Crippen molar-refractivity contribution in [2.24, 2.45) is 0 Å². The van der Waals surface area contributed by atoms with Gasteiger partial charge in [0.05, 0.1) is 30.1 Å². The van der Waals surface area contributed by atoms with E-state index < -0.39 is 40.0 Å². The van der Waals surface area contributed by atoms with Crippen molar-refractivity contribution in [3.05, 3.63) is 137 Å². The molecule has 0 aromatic heterocycles.